The predicted molar refractivity (Wildman–Crippen MR) is 197 cm³/mol. The van der Waals surface area contributed by atoms with E-state index < -0.39 is 0 Å². The third-order valence-corrected chi connectivity index (χ3v) is 8.01. The molecule has 52 heavy (non-hydrogen) atoms. The SMILES string of the molecule is Cc1ccc([O-])c(N=Nc2c(C)cccc2-c2cccc(C)c2N=Nc2cc(C)ccc2[O-])c1.Cc1ccc([O-])c(N=Nc2ccccc2C)c1.[Ru+3]. The summed E-state index contributed by atoms with van der Waals surface area (Å²) in [7, 11) is 0. The van der Waals surface area contributed by atoms with Gasteiger partial charge >= 0.3 is 19.5 Å². The molecule has 0 unspecified atom stereocenters. The van der Waals surface area contributed by atoms with Crippen molar-refractivity contribution in [1.82, 2.24) is 0 Å². The standard InChI is InChI=1S/C28H26N4O2.C14H14N2O.Ru/c1-17-11-13-25(33)23(15-17)29-31-27-19(3)7-5-9-21(27)22-10-6-8-20(4)28(22)32-30-24-16-18(2)12-14-26(24)34;1-10-7-8-14(17)13(9-10)16-15-12-6-4-3-5-11(12)2;/h5-16,33-34H,1-4H3;3-9,17H,1-2H3;/q;;+3/p-3. The molecule has 6 aromatic carbocycles. The molecule has 0 N–H and O–H groups in total. The summed E-state index contributed by atoms with van der Waals surface area (Å²) in [6.45, 7) is 11.6. The van der Waals surface area contributed by atoms with Crippen LogP contribution in [0, 0.1) is 41.5 Å². The van der Waals surface area contributed by atoms with Gasteiger partial charge in [-0.1, -0.05) is 108 Å². The summed E-state index contributed by atoms with van der Waals surface area (Å²) in [5.74, 6) is -0.463. The molecule has 0 aliphatic heterocycles. The van der Waals surface area contributed by atoms with Crippen molar-refractivity contribution in [2.75, 3.05) is 0 Å². The zero-order chi connectivity index (χ0) is 36.5. The van der Waals surface area contributed by atoms with Crippen LogP contribution in [0.15, 0.2) is 146 Å². The average Bonchev–Trinajstić information content (AvgIpc) is 3.11. The first kappa shape index (κ1) is 38.9. The number of hydrogen-bond acceptors (Lipinski definition) is 9. The van der Waals surface area contributed by atoms with E-state index in [1.165, 1.54) is 18.2 Å². The first-order chi connectivity index (χ1) is 24.5. The molecule has 0 saturated carbocycles. The van der Waals surface area contributed by atoms with Gasteiger partial charge in [0.1, 0.15) is 0 Å². The number of aryl methyl sites for hydroxylation is 6. The van der Waals surface area contributed by atoms with Crippen LogP contribution in [0.1, 0.15) is 33.4 Å². The van der Waals surface area contributed by atoms with Crippen molar-refractivity contribution in [3.63, 3.8) is 0 Å². The number of benzene rings is 6. The van der Waals surface area contributed by atoms with E-state index in [9.17, 15) is 15.3 Å². The molecule has 0 bridgehead atoms. The normalized spacial score (nSPS) is 11.1. The van der Waals surface area contributed by atoms with Crippen LogP contribution in [-0.4, -0.2) is 0 Å². The van der Waals surface area contributed by atoms with Crippen molar-refractivity contribution in [2.45, 2.75) is 41.5 Å². The van der Waals surface area contributed by atoms with Gasteiger partial charge in [0.25, 0.3) is 0 Å². The second kappa shape index (κ2) is 17.9. The molecule has 9 nitrogen and oxygen atoms in total. The topological polar surface area (TPSA) is 143 Å². The Bertz CT molecular complexity index is 2170. The molecule has 0 fully saturated rings. The number of azo groups is 3. The molecule has 261 valence electrons. The van der Waals surface area contributed by atoms with Crippen LogP contribution in [-0.2, 0) is 19.5 Å². The smallest absolute Gasteiger partial charge is 0.871 e. The molecule has 0 heterocycles. The predicted octanol–water partition coefficient (Wildman–Crippen LogP) is 11.4. The van der Waals surface area contributed by atoms with Crippen molar-refractivity contribution in [3.05, 3.63) is 149 Å². The number of nitrogens with zero attached hydrogens (tertiary/aromatic N) is 6. The summed E-state index contributed by atoms with van der Waals surface area (Å²) in [5.41, 5.74) is 10.4. The fourth-order valence-electron chi connectivity index (χ4n) is 5.13. The van der Waals surface area contributed by atoms with Gasteiger partial charge in [-0.3, -0.25) is 0 Å². The summed E-state index contributed by atoms with van der Waals surface area (Å²) < 4.78 is 0. The molecule has 0 atom stereocenters. The first-order valence-electron chi connectivity index (χ1n) is 16.3. The van der Waals surface area contributed by atoms with E-state index in [4.69, 9.17) is 0 Å². The van der Waals surface area contributed by atoms with Gasteiger partial charge < -0.3 is 15.3 Å². The third-order valence-electron chi connectivity index (χ3n) is 8.01. The van der Waals surface area contributed by atoms with Gasteiger partial charge in [-0.2, -0.15) is 20.5 Å². The Labute approximate surface area is 317 Å². The Morgan fingerprint density at radius 1 is 0.346 bits per heavy atom. The zero-order valence-electron chi connectivity index (χ0n) is 29.7. The molecule has 0 amide bonds. The first-order valence-corrected chi connectivity index (χ1v) is 16.3. The maximum atomic E-state index is 12.2. The van der Waals surface area contributed by atoms with Crippen LogP contribution < -0.4 is 15.3 Å². The van der Waals surface area contributed by atoms with Gasteiger partial charge in [0.05, 0.1) is 34.1 Å². The van der Waals surface area contributed by atoms with Gasteiger partial charge in [0.15, 0.2) is 0 Å². The third kappa shape index (κ3) is 9.89. The van der Waals surface area contributed by atoms with Crippen molar-refractivity contribution >= 4 is 34.1 Å². The molecular weight excluding hydrogens is 738 g/mol. The monoisotopic (exact) mass is 775 g/mol. The van der Waals surface area contributed by atoms with Crippen molar-refractivity contribution in [2.24, 2.45) is 30.7 Å². The molecule has 1 radical (unpaired) electrons. The number of hydrogen-bond donors (Lipinski definition) is 0. The molecule has 6 aromatic rings. The second-order valence-electron chi connectivity index (χ2n) is 12.2. The van der Waals surface area contributed by atoms with E-state index in [1.807, 2.05) is 102 Å². The van der Waals surface area contributed by atoms with Crippen molar-refractivity contribution < 1.29 is 34.8 Å². The average molecular weight is 775 g/mol. The summed E-state index contributed by atoms with van der Waals surface area (Å²) in [4.78, 5) is 0. The van der Waals surface area contributed by atoms with Gasteiger partial charge in [-0.15, -0.1) is 10.2 Å². The maximum absolute atomic E-state index is 12.2. The Hall–Kier alpha value is -5.86. The summed E-state index contributed by atoms with van der Waals surface area (Å²) in [6, 6.07) is 34.3. The Balaban J connectivity index is 0.000000283. The molecule has 0 saturated heterocycles. The molecule has 0 aromatic heterocycles. The van der Waals surface area contributed by atoms with Crippen LogP contribution in [0.25, 0.3) is 11.1 Å². The maximum Gasteiger partial charge on any atom is 3.00 e. The fourth-order valence-corrected chi connectivity index (χ4v) is 5.13. The molecular formula is C42H37N6O3Ru. The van der Waals surface area contributed by atoms with E-state index in [1.54, 1.807) is 36.4 Å². The van der Waals surface area contributed by atoms with E-state index >= 15 is 0 Å². The molecule has 0 spiro atoms. The van der Waals surface area contributed by atoms with Gasteiger partial charge in [0.2, 0.25) is 0 Å². The summed E-state index contributed by atoms with van der Waals surface area (Å²) >= 11 is 0. The molecule has 6 rings (SSSR count). The van der Waals surface area contributed by atoms with E-state index in [0.29, 0.717) is 28.4 Å². The minimum atomic E-state index is -0.180. The van der Waals surface area contributed by atoms with E-state index in [2.05, 4.69) is 30.7 Å². The summed E-state index contributed by atoms with van der Waals surface area (Å²) in [5, 5.41) is 61.5. The Kier molecular flexibility index (Phi) is 13.4. The van der Waals surface area contributed by atoms with Gasteiger partial charge in [-0.25, -0.2) is 0 Å². The summed E-state index contributed by atoms with van der Waals surface area (Å²) in [6.07, 6.45) is 0. The van der Waals surface area contributed by atoms with Crippen LogP contribution >= 0.6 is 0 Å². The number of rotatable bonds is 7. The van der Waals surface area contributed by atoms with Crippen LogP contribution in [0.2, 0.25) is 0 Å². The second-order valence-corrected chi connectivity index (χ2v) is 12.2. The largest absolute Gasteiger partial charge is 3.00 e. The van der Waals surface area contributed by atoms with E-state index in [-0.39, 0.29) is 36.7 Å². The van der Waals surface area contributed by atoms with Gasteiger partial charge in [-0.05, 0) is 99.2 Å². The van der Waals surface area contributed by atoms with Crippen LogP contribution in [0.5, 0.6) is 17.2 Å². The minimum Gasteiger partial charge on any atom is -0.871 e. The molecule has 0 aliphatic carbocycles. The van der Waals surface area contributed by atoms with Crippen molar-refractivity contribution in [3.8, 4) is 28.4 Å². The van der Waals surface area contributed by atoms with Crippen LogP contribution in [0.3, 0.4) is 0 Å². The minimum absolute atomic E-state index is 0. The zero-order valence-corrected chi connectivity index (χ0v) is 31.5. The molecule has 0 aliphatic rings. The van der Waals surface area contributed by atoms with Gasteiger partial charge in [0, 0.05) is 11.1 Å². The van der Waals surface area contributed by atoms with Crippen molar-refractivity contribution in [1.29, 1.82) is 0 Å². The Morgan fingerprint density at radius 2 is 0.692 bits per heavy atom. The quantitative estimate of drug-likeness (QED) is 0.118. The van der Waals surface area contributed by atoms with E-state index in [0.717, 1.165) is 50.2 Å². The fraction of sp³-hybridized carbons (Fsp3) is 0.143. The molecule has 10 heteroatoms. The Morgan fingerprint density at radius 3 is 1.10 bits per heavy atom. The van der Waals surface area contributed by atoms with Crippen LogP contribution in [0.4, 0.5) is 34.1 Å².